The van der Waals surface area contributed by atoms with E-state index in [1.165, 1.54) is 4.90 Å². The van der Waals surface area contributed by atoms with Crippen LogP contribution in [0.2, 0.25) is 0 Å². The number of aliphatic hydroxyl groups excluding tert-OH is 1. The van der Waals surface area contributed by atoms with Gasteiger partial charge in [0.1, 0.15) is 12.1 Å². The Labute approximate surface area is 125 Å². The number of hydrogen-bond acceptors (Lipinski definition) is 3. The topological polar surface area (TPSA) is 69.6 Å². The third-order valence-electron chi connectivity index (χ3n) is 4.24. The highest BCUT2D eigenvalue weighted by molar-refractivity contribution is 5.97. The van der Waals surface area contributed by atoms with Crippen molar-refractivity contribution in [1.29, 1.82) is 0 Å². The third kappa shape index (κ3) is 3.24. The second-order valence-corrected chi connectivity index (χ2v) is 5.74. The predicted molar refractivity (Wildman–Crippen MR) is 79.5 cm³/mol. The van der Waals surface area contributed by atoms with Gasteiger partial charge >= 0.3 is 0 Å². The van der Waals surface area contributed by atoms with Crippen LogP contribution in [0.5, 0.6) is 0 Å². The number of carbonyl (C=O) groups is 2. The first-order valence-electron chi connectivity index (χ1n) is 7.21. The molecule has 1 saturated heterocycles. The van der Waals surface area contributed by atoms with Crippen LogP contribution in [0.15, 0.2) is 30.3 Å². The Hall–Kier alpha value is -1.88. The van der Waals surface area contributed by atoms with Gasteiger partial charge in [-0.05, 0) is 12.5 Å². The maximum absolute atomic E-state index is 12.4. The quantitative estimate of drug-likeness (QED) is 0.852. The monoisotopic (exact) mass is 290 g/mol. The van der Waals surface area contributed by atoms with E-state index in [9.17, 15) is 14.7 Å². The van der Waals surface area contributed by atoms with E-state index in [2.05, 4.69) is 5.32 Å². The smallest absolute Gasteiger partial charge is 0.245 e. The zero-order valence-corrected chi connectivity index (χ0v) is 12.6. The summed E-state index contributed by atoms with van der Waals surface area (Å²) >= 11 is 0. The number of likely N-dealkylation sites (N-methyl/N-ethyl adjacent to an activating group) is 1. The summed E-state index contributed by atoms with van der Waals surface area (Å²) in [5.41, 5.74) is 1.01. The maximum atomic E-state index is 12.4. The third-order valence-corrected chi connectivity index (χ3v) is 4.24. The molecule has 0 unspecified atom stereocenters. The fraction of sp³-hybridized carbons (Fsp3) is 0.500. The first-order valence-corrected chi connectivity index (χ1v) is 7.21. The number of nitrogens with one attached hydrogen (secondary N) is 1. The van der Waals surface area contributed by atoms with Crippen LogP contribution in [0.3, 0.4) is 0 Å². The van der Waals surface area contributed by atoms with Gasteiger partial charge in [0.15, 0.2) is 0 Å². The van der Waals surface area contributed by atoms with Gasteiger partial charge in [-0.2, -0.15) is 0 Å². The number of benzene rings is 1. The molecule has 1 aliphatic heterocycles. The van der Waals surface area contributed by atoms with Gasteiger partial charge in [-0.1, -0.05) is 37.3 Å². The van der Waals surface area contributed by atoms with Gasteiger partial charge < -0.3 is 15.3 Å². The lowest BCUT2D eigenvalue weighted by Gasteiger charge is -2.39. The molecule has 21 heavy (non-hydrogen) atoms. The van der Waals surface area contributed by atoms with E-state index in [-0.39, 0.29) is 17.7 Å². The molecule has 0 radical (unpaired) electrons. The Morgan fingerprint density at radius 3 is 2.43 bits per heavy atom. The van der Waals surface area contributed by atoms with Crippen LogP contribution in [0.4, 0.5) is 0 Å². The SMILES string of the molecule is C[C@@H]([C@@H]1NC(=O)[C@@H](Cc2ccccc2)N(C)C1=O)[C@@H](C)O. The number of piperazine rings is 1. The van der Waals surface area contributed by atoms with Crippen LogP contribution in [0.25, 0.3) is 0 Å². The van der Waals surface area contributed by atoms with Crippen LogP contribution in [-0.2, 0) is 16.0 Å². The van der Waals surface area contributed by atoms with Gasteiger partial charge in [-0.25, -0.2) is 0 Å². The van der Waals surface area contributed by atoms with E-state index < -0.39 is 18.2 Å². The Morgan fingerprint density at radius 1 is 1.24 bits per heavy atom. The van der Waals surface area contributed by atoms with Gasteiger partial charge in [0, 0.05) is 19.4 Å². The zero-order chi connectivity index (χ0) is 15.6. The molecule has 1 aliphatic rings. The first-order chi connectivity index (χ1) is 9.91. The van der Waals surface area contributed by atoms with Crippen LogP contribution in [0, 0.1) is 5.92 Å². The number of rotatable bonds is 4. The highest BCUT2D eigenvalue weighted by Gasteiger charge is 2.41. The van der Waals surface area contributed by atoms with Crippen molar-refractivity contribution in [2.45, 2.75) is 38.5 Å². The maximum Gasteiger partial charge on any atom is 0.245 e. The van der Waals surface area contributed by atoms with Crippen molar-refractivity contribution in [3.63, 3.8) is 0 Å². The normalized spacial score (nSPS) is 25.4. The van der Waals surface area contributed by atoms with Crippen LogP contribution >= 0.6 is 0 Å². The lowest BCUT2D eigenvalue weighted by atomic mass is 9.91. The molecule has 2 N–H and O–H groups in total. The minimum absolute atomic E-state index is 0.149. The highest BCUT2D eigenvalue weighted by Crippen LogP contribution is 2.19. The van der Waals surface area contributed by atoms with Crippen molar-refractivity contribution in [2.75, 3.05) is 7.05 Å². The summed E-state index contributed by atoms with van der Waals surface area (Å²) in [7, 11) is 1.65. The van der Waals surface area contributed by atoms with Gasteiger partial charge in [0.05, 0.1) is 6.10 Å². The van der Waals surface area contributed by atoms with E-state index in [1.54, 1.807) is 20.9 Å². The van der Waals surface area contributed by atoms with Crippen LogP contribution < -0.4 is 5.32 Å². The number of amides is 2. The summed E-state index contributed by atoms with van der Waals surface area (Å²) in [6.45, 7) is 3.39. The summed E-state index contributed by atoms with van der Waals surface area (Å²) in [5.74, 6) is -0.635. The lowest BCUT2D eigenvalue weighted by molar-refractivity contribution is -0.150. The number of nitrogens with zero attached hydrogens (tertiary/aromatic N) is 1. The van der Waals surface area contributed by atoms with Crippen molar-refractivity contribution < 1.29 is 14.7 Å². The number of aliphatic hydroxyl groups is 1. The summed E-state index contributed by atoms with van der Waals surface area (Å²) in [6.07, 6.45) is -0.164. The minimum atomic E-state index is -0.658. The predicted octanol–water partition coefficient (Wildman–Crippen LogP) is 0.571. The van der Waals surface area contributed by atoms with Gasteiger partial charge in [0.25, 0.3) is 0 Å². The molecule has 1 fully saturated rings. The molecule has 2 amide bonds. The van der Waals surface area contributed by atoms with E-state index in [0.29, 0.717) is 6.42 Å². The molecule has 0 bridgehead atoms. The molecule has 0 spiro atoms. The molecular weight excluding hydrogens is 268 g/mol. The van der Waals surface area contributed by atoms with E-state index in [0.717, 1.165) is 5.56 Å². The fourth-order valence-corrected chi connectivity index (χ4v) is 2.56. The summed E-state index contributed by atoms with van der Waals surface area (Å²) in [5, 5.41) is 12.4. The molecule has 5 nitrogen and oxygen atoms in total. The average molecular weight is 290 g/mol. The Morgan fingerprint density at radius 2 is 1.86 bits per heavy atom. The molecule has 1 heterocycles. The Bertz CT molecular complexity index is 516. The van der Waals surface area contributed by atoms with Gasteiger partial charge in [-0.15, -0.1) is 0 Å². The second kappa shape index (κ2) is 6.26. The van der Waals surface area contributed by atoms with Crippen LogP contribution in [0.1, 0.15) is 19.4 Å². The summed E-state index contributed by atoms with van der Waals surface area (Å²) in [6, 6.07) is 8.46. The molecule has 4 atom stereocenters. The summed E-state index contributed by atoms with van der Waals surface area (Å²) < 4.78 is 0. The molecule has 5 heteroatoms. The average Bonchev–Trinajstić information content (AvgIpc) is 2.47. The molecule has 1 aromatic rings. The molecule has 1 aromatic carbocycles. The Kier molecular flexibility index (Phi) is 4.63. The minimum Gasteiger partial charge on any atom is -0.393 e. The zero-order valence-electron chi connectivity index (χ0n) is 12.6. The highest BCUT2D eigenvalue weighted by atomic mass is 16.3. The molecule has 2 rings (SSSR count). The van der Waals surface area contributed by atoms with Crippen molar-refractivity contribution in [3.05, 3.63) is 35.9 Å². The van der Waals surface area contributed by atoms with E-state index in [1.807, 2.05) is 30.3 Å². The molecule has 0 aromatic heterocycles. The van der Waals surface area contributed by atoms with Crippen molar-refractivity contribution in [2.24, 2.45) is 5.92 Å². The standard InChI is InChI=1S/C16H22N2O3/c1-10(11(2)19)14-16(21)18(3)13(15(20)17-14)9-12-7-5-4-6-8-12/h4-8,10-11,13-14,19H,9H2,1-3H3,(H,17,20)/t10-,11-,13-,14+/m1/s1. The lowest BCUT2D eigenvalue weighted by Crippen LogP contribution is -2.65. The molecule has 114 valence electrons. The second-order valence-electron chi connectivity index (χ2n) is 5.74. The molecule has 0 saturated carbocycles. The molecular formula is C16H22N2O3. The number of hydrogen-bond donors (Lipinski definition) is 2. The van der Waals surface area contributed by atoms with Gasteiger partial charge in [-0.3, -0.25) is 9.59 Å². The summed E-state index contributed by atoms with van der Waals surface area (Å²) in [4.78, 5) is 26.2. The van der Waals surface area contributed by atoms with Crippen molar-refractivity contribution >= 4 is 11.8 Å². The largest absolute Gasteiger partial charge is 0.393 e. The van der Waals surface area contributed by atoms with Crippen molar-refractivity contribution in [3.8, 4) is 0 Å². The van der Waals surface area contributed by atoms with E-state index in [4.69, 9.17) is 0 Å². The van der Waals surface area contributed by atoms with E-state index >= 15 is 0 Å². The number of carbonyl (C=O) groups excluding carboxylic acids is 2. The van der Waals surface area contributed by atoms with Crippen molar-refractivity contribution in [1.82, 2.24) is 10.2 Å². The molecule has 0 aliphatic carbocycles. The van der Waals surface area contributed by atoms with Gasteiger partial charge in [0.2, 0.25) is 11.8 Å². The Balaban J connectivity index is 2.14. The fourth-order valence-electron chi connectivity index (χ4n) is 2.56. The first kappa shape index (κ1) is 15.5. The van der Waals surface area contributed by atoms with Crippen LogP contribution in [-0.4, -0.2) is 47.1 Å².